The van der Waals surface area contributed by atoms with Crippen molar-refractivity contribution >= 4 is 39.0 Å². The van der Waals surface area contributed by atoms with Crippen molar-refractivity contribution in [1.29, 1.82) is 0 Å². The van der Waals surface area contributed by atoms with Gasteiger partial charge in [0, 0.05) is 51.6 Å². The van der Waals surface area contributed by atoms with E-state index in [2.05, 4.69) is 151 Å². The number of para-hydroxylation sites is 2. The number of hydrogen-bond acceptors (Lipinski definition) is 3. The zero-order valence-electron chi connectivity index (χ0n) is 27.7. The van der Waals surface area contributed by atoms with Gasteiger partial charge in [-0.05, 0) is 77.1 Å². The van der Waals surface area contributed by atoms with Gasteiger partial charge >= 0.3 is 0 Å². The molecule has 0 N–H and O–H groups in total. The molecule has 1 aliphatic heterocycles. The van der Waals surface area contributed by atoms with Gasteiger partial charge in [-0.15, -0.1) is 0 Å². The molecule has 0 amide bonds. The van der Waals surface area contributed by atoms with E-state index in [9.17, 15) is 0 Å². The third kappa shape index (κ3) is 4.00. The Hall–Kier alpha value is -5.02. The zero-order valence-corrected chi connectivity index (χ0v) is 27.7. The van der Waals surface area contributed by atoms with Crippen LogP contribution in [0.2, 0.25) is 0 Å². The second kappa shape index (κ2) is 10.5. The predicted molar refractivity (Wildman–Crippen MR) is 199 cm³/mol. The lowest BCUT2D eigenvalue weighted by Crippen LogP contribution is -2.39. The molecule has 0 radical (unpaired) electrons. The molecule has 3 nitrogen and oxygen atoms in total. The number of furan rings is 1. The van der Waals surface area contributed by atoms with Gasteiger partial charge in [0.2, 0.25) is 0 Å². The van der Waals surface area contributed by atoms with Crippen LogP contribution in [0.15, 0.2) is 138 Å². The fraction of sp³-hybridized carbons (Fsp3) is 0.244. The number of fused-ring (bicyclic) bond motifs is 10. The van der Waals surface area contributed by atoms with Crippen LogP contribution in [0.4, 0.5) is 17.1 Å². The van der Waals surface area contributed by atoms with Crippen molar-refractivity contribution in [2.24, 2.45) is 0 Å². The van der Waals surface area contributed by atoms with E-state index in [4.69, 9.17) is 4.42 Å². The molecule has 1 saturated carbocycles. The lowest BCUT2D eigenvalue weighted by Gasteiger charge is -2.40. The summed E-state index contributed by atoms with van der Waals surface area (Å²) >= 11 is 0. The second-order valence-electron chi connectivity index (χ2n) is 14.7. The second-order valence-corrected chi connectivity index (χ2v) is 14.7. The maximum absolute atomic E-state index is 6.73. The highest BCUT2D eigenvalue weighted by Gasteiger charge is 2.44. The summed E-state index contributed by atoms with van der Waals surface area (Å²) in [6.07, 6.45) is 13.1. The van der Waals surface area contributed by atoms with Crippen LogP contribution in [0.5, 0.6) is 0 Å². The van der Waals surface area contributed by atoms with Gasteiger partial charge in [0.15, 0.2) is 5.58 Å². The molecule has 3 aliphatic carbocycles. The van der Waals surface area contributed by atoms with E-state index in [0.717, 1.165) is 17.6 Å². The van der Waals surface area contributed by atoms with Crippen molar-refractivity contribution in [3.05, 3.63) is 150 Å². The lowest BCUT2D eigenvalue weighted by molar-refractivity contribution is 0.394. The van der Waals surface area contributed by atoms with Gasteiger partial charge < -0.3 is 14.2 Å². The molecule has 1 fully saturated rings. The molecule has 0 saturated heterocycles. The standard InChI is InChI=1S/C45H40N2O/c1-45(2)39-20-9-6-17-33(39)34-24-23-32(28-40(34)45)46(29-13-4-3-5-14-29)30-15-12-16-31(27-30)47-41-21-10-7-18-35(41)37-25-26-38-36-19-8-11-22-42(36)48-44(38)43(37)47/h3-6,8-9,11-17,19-20,22-26,28,30,35,41H,7,10,18,21,27H2,1-2H3. The van der Waals surface area contributed by atoms with Crippen LogP contribution in [0, 0.1) is 0 Å². The van der Waals surface area contributed by atoms with Gasteiger partial charge in [0.1, 0.15) is 5.58 Å². The minimum absolute atomic E-state index is 0.0506. The number of hydrogen-bond donors (Lipinski definition) is 0. The fourth-order valence-corrected chi connectivity index (χ4v) is 9.61. The molecule has 10 rings (SSSR count). The van der Waals surface area contributed by atoms with Crippen LogP contribution in [-0.4, -0.2) is 12.1 Å². The zero-order chi connectivity index (χ0) is 32.0. The monoisotopic (exact) mass is 624 g/mol. The summed E-state index contributed by atoms with van der Waals surface area (Å²) in [4.78, 5) is 5.28. The Kier molecular flexibility index (Phi) is 6.13. The molecule has 236 valence electrons. The predicted octanol–water partition coefficient (Wildman–Crippen LogP) is 11.8. The van der Waals surface area contributed by atoms with E-state index in [-0.39, 0.29) is 11.5 Å². The Morgan fingerprint density at radius 3 is 2.44 bits per heavy atom. The van der Waals surface area contributed by atoms with Crippen molar-refractivity contribution in [3.8, 4) is 11.1 Å². The SMILES string of the molecule is CC1(C)c2ccccc2-c2ccc(N(c3ccccc3)C3C=CC=C(N4c5c(ccc6c5oc5ccccc56)C5CCCCC54)C3)cc21. The van der Waals surface area contributed by atoms with Gasteiger partial charge in [0.05, 0.1) is 11.7 Å². The first-order valence-electron chi connectivity index (χ1n) is 17.8. The third-order valence-electron chi connectivity index (χ3n) is 11.8. The molecule has 3 unspecified atom stereocenters. The van der Waals surface area contributed by atoms with Crippen molar-refractivity contribution in [1.82, 2.24) is 0 Å². The van der Waals surface area contributed by atoms with Crippen molar-refractivity contribution in [3.63, 3.8) is 0 Å². The highest BCUT2D eigenvalue weighted by Crippen LogP contribution is 2.55. The quantitative estimate of drug-likeness (QED) is 0.195. The van der Waals surface area contributed by atoms with Crippen LogP contribution >= 0.6 is 0 Å². The highest BCUT2D eigenvalue weighted by atomic mass is 16.3. The molecule has 6 aromatic rings. The first-order chi connectivity index (χ1) is 23.6. The molecule has 4 aliphatic rings. The molecular weight excluding hydrogens is 585 g/mol. The van der Waals surface area contributed by atoms with Crippen LogP contribution in [0.1, 0.15) is 68.6 Å². The average Bonchev–Trinajstić information content (AvgIpc) is 3.75. The summed E-state index contributed by atoms with van der Waals surface area (Å²) < 4.78 is 6.73. The molecule has 2 heterocycles. The van der Waals surface area contributed by atoms with E-state index < -0.39 is 0 Å². The maximum atomic E-state index is 6.73. The summed E-state index contributed by atoms with van der Waals surface area (Å²) in [6, 6.07) is 41.0. The smallest absolute Gasteiger partial charge is 0.159 e. The largest absolute Gasteiger partial charge is 0.454 e. The van der Waals surface area contributed by atoms with E-state index in [1.807, 2.05) is 0 Å². The van der Waals surface area contributed by atoms with Crippen molar-refractivity contribution in [2.45, 2.75) is 69.4 Å². The Balaban J connectivity index is 1.08. The van der Waals surface area contributed by atoms with Crippen molar-refractivity contribution < 1.29 is 4.42 Å². The topological polar surface area (TPSA) is 19.6 Å². The normalized spacial score (nSPS) is 21.9. The van der Waals surface area contributed by atoms with E-state index in [0.29, 0.717) is 12.0 Å². The van der Waals surface area contributed by atoms with Gasteiger partial charge in [-0.3, -0.25) is 0 Å². The Morgan fingerprint density at radius 2 is 1.52 bits per heavy atom. The van der Waals surface area contributed by atoms with Crippen LogP contribution in [0.3, 0.4) is 0 Å². The first-order valence-corrected chi connectivity index (χ1v) is 17.8. The minimum Gasteiger partial charge on any atom is -0.454 e. The van der Waals surface area contributed by atoms with E-state index >= 15 is 0 Å². The number of anilines is 3. The maximum Gasteiger partial charge on any atom is 0.159 e. The van der Waals surface area contributed by atoms with Gasteiger partial charge in [-0.2, -0.15) is 0 Å². The fourth-order valence-electron chi connectivity index (χ4n) is 9.61. The number of rotatable bonds is 4. The molecule has 1 aromatic heterocycles. The summed E-state index contributed by atoms with van der Waals surface area (Å²) in [7, 11) is 0. The number of allylic oxidation sites excluding steroid dienone is 2. The summed E-state index contributed by atoms with van der Waals surface area (Å²) in [5.41, 5.74) is 14.2. The molecule has 3 heteroatoms. The Labute approximate surface area is 282 Å². The van der Waals surface area contributed by atoms with E-state index in [1.54, 1.807) is 0 Å². The van der Waals surface area contributed by atoms with Crippen LogP contribution < -0.4 is 9.80 Å². The average molecular weight is 625 g/mol. The molecule has 5 aromatic carbocycles. The summed E-state index contributed by atoms with van der Waals surface area (Å²) in [5.74, 6) is 0.544. The lowest BCUT2D eigenvalue weighted by atomic mass is 9.82. The molecule has 3 atom stereocenters. The third-order valence-corrected chi connectivity index (χ3v) is 11.8. The molecular formula is C45H40N2O. The van der Waals surface area contributed by atoms with Gasteiger partial charge in [0.25, 0.3) is 0 Å². The highest BCUT2D eigenvalue weighted by molar-refractivity contribution is 6.10. The Morgan fingerprint density at radius 1 is 0.729 bits per heavy atom. The van der Waals surface area contributed by atoms with Gasteiger partial charge in [-0.25, -0.2) is 0 Å². The number of benzene rings is 5. The van der Waals surface area contributed by atoms with E-state index in [1.165, 1.54) is 87.0 Å². The van der Waals surface area contributed by atoms with Crippen LogP contribution in [0.25, 0.3) is 33.1 Å². The molecule has 48 heavy (non-hydrogen) atoms. The van der Waals surface area contributed by atoms with Crippen molar-refractivity contribution in [2.75, 3.05) is 9.80 Å². The summed E-state index contributed by atoms with van der Waals surface area (Å²) in [5, 5.41) is 2.43. The number of nitrogens with zero attached hydrogens (tertiary/aromatic N) is 2. The molecule has 0 bridgehead atoms. The first kappa shape index (κ1) is 28.0. The minimum atomic E-state index is -0.0506. The molecule has 0 spiro atoms. The Bertz CT molecular complexity index is 2290. The van der Waals surface area contributed by atoms with Crippen LogP contribution in [-0.2, 0) is 5.41 Å². The summed E-state index contributed by atoms with van der Waals surface area (Å²) in [6.45, 7) is 4.75. The van der Waals surface area contributed by atoms with Gasteiger partial charge in [-0.1, -0.05) is 118 Å².